The van der Waals surface area contributed by atoms with Crippen molar-refractivity contribution in [1.82, 2.24) is 5.32 Å². The molecule has 1 aromatic carbocycles. The van der Waals surface area contributed by atoms with Crippen LogP contribution in [0.3, 0.4) is 0 Å². The molecule has 2 unspecified atom stereocenters. The molecular weight excluding hydrogens is 378 g/mol. The molecule has 1 saturated carbocycles. The van der Waals surface area contributed by atoms with Crippen molar-refractivity contribution in [3.05, 3.63) is 60.2 Å². The van der Waals surface area contributed by atoms with E-state index in [2.05, 4.69) is 5.32 Å². The maximum Gasteiger partial charge on any atom is 0.219 e. The summed E-state index contributed by atoms with van der Waals surface area (Å²) in [6, 6.07) is 10.1. The maximum absolute atomic E-state index is 11.4. The Labute approximate surface area is 180 Å². The van der Waals surface area contributed by atoms with Gasteiger partial charge in [0.15, 0.2) is 0 Å². The zero-order chi connectivity index (χ0) is 21.8. The second-order valence-electron chi connectivity index (χ2n) is 8.14. The average molecular weight is 416 g/mol. The SMILES string of the molecule is CCNC(=O)CCC/C=C/C[C@@H]1C(/C=C/C(O)CCc2ccccc2)[C@H](O)C[C@@H]1O. The van der Waals surface area contributed by atoms with Crippen LogP contribution >= 0.6 is 0 Å². The summed E-state index contributed by atoms with van der Waals surface area (Å²) in [7, 11) is 0. The van der Waals surface area contributed by atoms with Crippen molar-refractivity contribution < 1.29 is 20.1 Å². The van der Waals surface area contributed by atoms with Gasteiger partial charge in [-0.25, -0.2) is 0 Å². The van der Waals surface area contributed by atoms with Gasteiger partial charge in [0.1, 0.15) is 0 Å². The molecule has 0 aliphatic heterocycles. The molecule has 0 radical (unpaired) electrons. The van der Waals surface area contributed by atoms with Gasteiger partial charge in [0.25, 0.3) is 0 Å². The zero-order valence-corrected chi connectivity index (χ0v) is 18.0. The summed E-state index contributed by atoms with van der Waals surface area (Å²) in [5.41, 5.74) is 1.19. The van der Waals surface area contributed by atoms with Crippen LogP contribution in [0.25, 0.3) is 0 Å². The predicted molar refractivity (Wildman–Crippen MR) is 120 cm³/mol. The number of hydrogen-bond acceptors (Lipinski definition) is 4. The minimum Gasteiger partial charge on any atom is -0.393 e. The molecule has 0 heterocycles. The zero-order valence-electron chi connectivity index (χ0n) is 18.0. The van der Waals surface area contributed by atoms with Gasteiger partial charge < -0.3 is 20.6 Å². The lowest BCUT2D eigenvalue weighted by Gasteiger charge is -2.19. The Bertz CT molecular complexity index is 673. The van der Waals surface area contributed by atoms with Gasteiger partial charge in [0.2, 0.25) is 5.91 Å². The van der Waals surface area contributed by atoms with Crippen LogP contribution in [-0.2, 0) is 11.2 Å². The summed E-state index contributed by atoms with van der Waals surface area (Å²) in [5.74, 6) is -0.139. The number of rotatable bonds is 12. The molecule has 5 heteroatoms. The molecule has 1 aliphatic rings. The number of carbonyl (C=O) groups excluding carboxylic acids is 1. The normalized spacial score (nSPS) is 25.2. The van der Waals surface area contributed by atoms with Crippen LogP contribution in [0.1, 0.15) is 51.0 Å². The third kappa shape index (κ3) is 8.42. The van der Waals surface area contributed by atoms with Crippen molar-refractivity contribution in [3.8, 4) is 0 Å². The van der Waals surface area contributed by atoms with Crippen LogP contribution in [0.15, 0.2) is 54.6 Å². The molecule has 0 aromatic heterocycles. The van der Waals surface area contributed by atoms with Crippen LogP contribution < -0.4 is 5.32 Å². The largest absolute Gasteiger partial charge is 0.393 e. The van der Waals surface area contributed by atoms with Crippen molar-refractivity contribution in [2.24, 2.45) is 11.8 Å². The Morgan fingerprint density at radius 1 is 1.20 bits per heavy atom. The van der Waals surface area contributed by atoms with E-state index < -0.39 is 18.3 Å². The van der Waals surface area contributed by atoms with E-state index in [0.717, 1.165) is 19.3 Å². The fourth-order valence-corrected chi connectivity index (χ4v) is 4.06. The van der Waals surface area contributed by atoms with E-state index in [0.29, 0.717) is 32.2 Å². The van der Waals surface area contributed by atoms with E-state index in [1.165, 1.54) is 5.56 Å². The summed E-state index contributed by atoms with van der Waals surface area (Å²) in [4.78, 5) is 11.4. The first-order valence-corrected chi connectivity index (χ1v) is 11.2. The van der Waals surface area contributed by atoms with Crippen molar-refractivity contribution in [2.45, 2.75) is 70.2 Å². The molecule has 1 amide bonds. The number of hydrogen-bond donors (Lipinski definition) is 4. The van der Waals surface area contributed by atoms with Gasteiger partial charge in [0.05, 0.1) is 18.3 Å². The fourth-order valence-electron chi connectivity index (χ4n) is 4.06. The Morgan fingerprint density at radius 3 is 2.70 bits per heavy atom. The standard InChI is InChI=1S/C25H37NO4/c1-2-26-25(30)13-9-4-3-8-12-21-22(24(29)18-23(21)28)17-16-20(27)15-14-19-10-6-5-7-11-19/h3,5-8,10-11,16-17,20-24,27-29H,2,4,9,12-15,18H2,1H3,(H,26,30)/b8-3+,17-16+/t20?,21-,22?,23+,24-/m1/s1. The second kappa shape index (κ2) is 13.4. The quantitative estimate of drug-likeness (QED) is 0.312. The molecule has 1 aromatic rings. The van der Waals surface area contributed by atoms with Gasteiger partial charge in [-0.3, -0.25) is 4.79 Å². The van der Waals surface area contributed by atoms with Crippen LogP contribution in [0, 0.1) is 11.8 Å². The van der Waals surface area contributed by atoms with E-state index in [1.807, 2.05) is 55.5 Å². The molecule has 1 fully saturated rings. The predicted octanol–water partition coefficient (Wildman–Crippen LogP) is 3.15. The Kier molecular flexibility index (Phi) is 10.8. The summed E-state index contributed by atoms with van der Waals surface area (Å²) < 4.78 is 0. The summed E-state index contributed by atoms with van der Waals surface area (Å²) >= 11 is 0. The van der Waals surface area contributed by atoms with Crippen LogP contribution in [-0.4, -0.2) is 46.1 Å². The van der Waals surface area contributed by atoms with Crippen molar-refractivity contribution in [2.75, 3.05) is 6.54 Å². The molecule has 1 aliphatic carbocycles. The summed E-state index contributed by atoms with van der Waals surface area (Å²) in [5, 5.41) is 33.8. The molecule has 166 valence electrons. The van der Waals surface area contributed by atoms with Crippen LogP contribution in [0.4, 0.5) is 0 Å². The van der Waals surface area contributed by atoms with Crippen molar-refractivity contribution >= 4 is 5.91 Å². The minimum absolute atomic E-state index is 0.0581. The highest BCUT2D eigenvalue weighted by atomic mass is 16.3. The van der Waals surface area contributed by atoms with Gasteiger partial charge in [-0.05, 0) is 50.5 Å². The number of allylic oxidation sites excluding steroid dienone is 2. The Hall–Kier alpha value is -1.95. The van der Waals surface area contributed by atoms with E-state index in [4.69, 9.17) is 0 Å². The van der Waals surface area contributed by atoms with Gasteiger partial charge in [-0.15, -0.1) is 0 Å². The fraction of sp³-hybridized carbons (Fsp3) is 0.560. The minimum atomic E-state index is -0.589. The third-order valence-corrected chi connectivity index (χ3v) is 5.77. The van der Waals surface area contributed by atoms with Gasteiger partial charge in [-0.2, -0.15) is 0 Å². The van der Waals surface area contributed by atoms with Crippen LogP contribution in [0.2, 0.25) is 0 Å². The first-order chi connectivity index (χ1) is 14.5. The molecule has 0 bridgehead atoms. The number of amides is 1. The smallest absolute Gasteiger partial charge is 0.219 e. The highest BCUT2D eigenvalue weighted by molar-refractivity contribution is 5.75. The molecule has 5 nitrogen and oxygen atoms in total. The number of aryl methyl sites for hydroxylation is 1. The number of benzene rings is 1. The van der Waals surface area contributed by atoms with Gasteiger partial charge >= 0.3 is 0 Å². The lowest BCUT2D eigenvalue weighted by atomic mass is 9.89. The van der Waals surface area contributed by atoms with Crippen molar-refractivity contribution in [1.29, 1.82) is 0 Å². The highest BCUT2D eigenvalue weighted by Crippen LogP contribution is 2.36. The lowest BCUT2D eigenvalue weighted by Crippen LogP contribution is -2.21. The number of aliphatic hydroxyl groups excluding tert-OH is 3. The van der Waals surface area contributed by atoms with E-state index in [-0.39, 0.29) is 17.7 Å². The monoisotopic (exact) mass is 415 g/mol. The van der Waals surface area contributed by atoms with E-state index >= 15 is 0 Å². The van der Waals surface area contributed by atoms with Gasteiger partial charge in [0, 0.05) is 25.3 Å². The number of unbranched alkanes of at least 4 members (excludes halogenated alkanes) is 1. The topological polar surface area (TPSA) is 89.8 Å². The van der Waals surface area contributed by atoms with E-state index in [1.54, 1.807) is 6.08 Å². The molecule has 0 spiro atoms. The molecule has 4 N–H and O–H groups in total. The van der Waals surface area contributed by atoms with E-state index in [9.17, 15) is 20.1 Å². The maximum atomic E-state index is 11.4. The number of nitrogens with one attached hydrogen (secondary N) is 1. The van der Waals surface area contributed by atoms with Crippen LogP contribution in [0.5, 0.6) is 0 Å². The van der Waals surface area contributed by atoms with Gasteiger partial charge in [-0.1, -0.05) is 54.6 Å². The Balaban J connectivity index is 1.78. The molecule has 30 heavy (non-hydrogen) atoms. The number of aliphatic hydroxyl groups is 3. The van der Waals surface area contributed by atoms with Crippen molar-refractivity contribution in [3.63, 3.8) is 0 Å². The third-order valence-electron chi connectivity index (χ3n) is 5.77. The Morgan fingerprint density at radius 2 is 1.97 bits per heavy atom. The lowest BCUT2D eigenvalue weighted by molar-refractivity contribution is -0.121. The second-order valence-corrected chi connectivity index (χ2v) is 8.14. The molecule has 0 saturated heterocycles. The average Bonchev–Trinajstić information content (AvgIpc) is 3.00. The molecule has 5 atom stereocenters. The number of carbonyl (C=O) groups is 1. The summed E-state index contributed by atoms with van der Waals surface area (Å²) in [6.07, 6.45) is 10.6. The first-order valence-electron chi connectivity index (χ1n) is 11.2. The molecular formula is C25H37NO4. The summed E-state index contributed by atoms with van der Waals surface area (Å²) in [6.45, 7) is 2.57. The first kappa shape index (κ1) is 24.3. The highest BCUT2D eigenvalue weighted by Gasteiger charge is 2.39. The molecule has 2 rings (SSSR count).